The van der Waals surface area contributed by atoms with Crippen molar-refractivity contribution in [3.8, 4) is 5.75 Å². The summed E-state index contributed by atoms with van der Waals surface area (Å²) in [6, 6.07) is 13.5. The molecule has 2 rings (SSSR count). The highest BCUT2D eigenvalue weighted by Crippen LogP contribution is 2.30. The number of ether oxygens (including phenoxy) is 1. The van der Waals surface area contributed by atoms with Crippen molar-refractivity contribution in [2.75, 3.05) is 30.3 Å². The molecule has 0 spiro atoms. The predicted octanol–water partition coefficient (Wildman–Crippen LogP) is 4.62. The van der Waals surface area contributed by atoms with Crippen LogP contribution in [0, 0.1) is 0 Å². The summed E-state index contributed by atoms with van der Waals surface area (Å²) >= 11 is 6.36. The molecule has 0 aliphatic heterocycles. The summed E-state index contributed by atoms with van der Waals surface area (Å²) in [6.07, 6.45) is 2.67. The van der Waals surface area contributed by atoms with Crippen molar-refractivity contribution in [2.24, 2.45) is 0 Å². The number of sulfonamides is 1. The summed E-state index contributed by atoms with van der Waals surface area (Å²) < 4.78 is 32.1. The van der Waals surface area contributed by atoms with E-state index >= 15 is 0 Å². The highest BCUT2D eigenvalue weighted by molar-refractivity contribution is 7.92. The van der Waals surface area contributed by atoms with E-state index < -0.39 is 16.1 Å². The van der Waals surface area contributed by atoms with E-state index in [1.165, 1.54) is 4.31 Å². The molecular weight excluding hydrogens is 514 g/mol. The Labute approximate surface area is 226 Å². The molecule has 0 bridgehead atoms. The van der Waals surface area contributed by atoms with Crippen LogP contribution < -0.4 is 14.4 Å². The number of nitrogens with zero attached hydrogens (tertiary/aromatic N) is 2. The van der Waals surface area contributed by atoms with Crippen molar-refractivity contribution in [2.45, 2.75) is 59.0 Å². The van der Waals surface area contributed by atoms with E-state index in [4.69, 9.17) is 16.3 Å². The molecule has 0 aliphatic carbocycles. The van der Waals surface area contributed by atoms with Gasteiger partial charge in [0, 0.05) is 31.1 Å². The first-order valence-corrected chi connectivity index (χ1v) is 14.9. The molecular formula is C27H38ClN3O5S. The Hall–Kier alpha value is -2.78. The Morgan fingerprint density at radius 2 is 1.73 bits per heavy atom. The van der Waals surface area contributed by atoms with Crippen LogP contribution in [0.3, 0.4) is 0 Å². The Morgan fingerprint density at radius 1 is 1.05 bits per heavy atom. The normalized spacial score (nSPS) is 12.0. The summed E-state index contributed by atoms with van der Waals surface area (Å²) in [5.74, 6) is -0.00106. The maximum Gasteiger partial charge on any atom is 0.242 e. The van der Waals surface area contributed by atoms with Crippen LogP contribution in [0.1, 0.15) is 52.0 Å². The molecule has 0 aromatic heterocycles. The SMILES string of the molecule is CCCNC(=O)[C@@H](CC)N(Cc1ccccc1Cl)C(=O)CCCN(c1ccccc1OCC)S(C)(=O)=O. The fourth-order valence-electron chi connectivity index (χ4n) is 4.02. The first kappa shape index (κ1) is 30.4. The van der Waals surface area contributed by atoms with Crippen LogP contribution in [0.15, 0.2) is 48.5 Å². The van der Waals surface area contributed by atoms with Crippen molar-refractivity contribution < 1.29 is 22.7 Å². The average molecular weight is 552 g/mol. The Balaban J connectivity index is 2.25. The van der Waals surface area contributed by atoms with Gasteiger partial charge in [0.1, 0.15) is 11.8 Å². The van der Waals surface area contributed by atoms with Gasteiger partial charge in [-0.05, 0) is 49.9 Å². The number of rotatable bonds is 15. The minimum Gasteiger partial charge on any atom is -0.492 e. The van der Waals surface area contributed by atoms with Crippen LogP contribution in [0.25, 0.3) is 0 Å². The first-order valence-electron chi connectivity index (χ1n) is 12.6. The fraction of sp³-hybridized carbons (Fsp3) is 0.481. The smallest absolute Gasteiger partial charge is 0.242 e. The molecule has 1 atom stereocenters. The molecule has 204 valence electrons. The van der Waals surface area contributed by atoms with Crippen molar-refractivity contribution >= 4 is 39.1 Å². The van der Waals surface area contributed by atoms with Crippen LogP contribution >= 0.6 is 11.6 Å². The Kier molecular flexibility index (Phi) is 12.2. The van der Waals surface area contributed by atoms with E-state index in [0.29, 0.717) is 36.0 Å². The molecule has 37 heavy (non-hydrogen) atoms. The second kappa shape index (κ2) is 14.8. The third-order valence-electron chi connectivity index (χ3n) is 5.82. The molecule has 2 aromatic carbocycles. The van der Waals surface area contributed by atoms with Gasteiger partial charge in [-0.2, -0.15) is 0 Å². The third-order valence-corrected chi connectivity index (χ3v) is 7.37. The van der Waals surface area contributed by atoms with Crippen molar-refractivity contribution in [1.82, 2.24) is 10.2 Å². The van der Waals surface area contributed by atoms with E-state index in [2.05, 4.69) is 5.32 Å². The molecule has 0 saturated carbocycles. The summed E-state index contributed by atoms with van der Waals surface area (Å²) in [4.78, 5) is 27.9. The Bertz CT molecular complexity index is 1140. The second-order valence-electron chi connectivity index (χ2n) is 8.67. The number of benzene rings is 2. The van der Waals surface area contributed by atoms with Gasteiger partial charge in [-0.15, -0.1) is 0 Å². The topological polar surface area (TPSA) is 96.0 Å². The third kappa shape index (κ3) is 8.93. The van der Waals surface area contributed by atoms with Crippen LogP contribution in [-0.2, 0) is 26.2 Å². The summed E-state index contributed by atoms with van der Waals surface area (Å²) in [6.45, 7) is 6.83. The maximum atomic E-state index is 13.5. The number of carbonyl (C=O) groups excluding carboxylic acids is 2. The highest BCUT2D eigenvalue weighted by Gasteiger charge is 2.29. The molecule has 8 nitrogen and oxygen atoms in total. The van der Waals surface area contributed by atoms with E-state index in [0.717, 1.165) is 18.2 Å². The minimum atomic E-state index is -3.63. The number of halogens is 1. The van der Waals surface area contributed by atoms with Gasteiger partial charge in [0.25, 0.3) is 0 Å². The van der Waals surface area contributed by atoms with Crippen LogP contribution in [-0.4, -0.2) is 57.1 Å². The lowest BCUT2D eigenvalue weighted by molar-refractivity contribution is -0.141. The molecule has 1 N–H and O–H groups in total. The van der Waals surface area contributed by atoms with Crippen molar-refractivity contribution in [3.05, 3.63) is 59.1 Å². The molecule has 0 unspecified atom stereocenters. The molecule has 0 saturated heterocycles. The van der Waals surface area contributed by atoms with Crippen LogP contribution in [0.2, 0.25) is 5.02 Å². The van der Waals surface area contributed by atoms with Gasteiger partial charge in [-0.1, -0.05) is 55.8 Å². The van der Waals surface area contributed by atoms with E-state index in [9.17, 15) is 18.0 Å². The number of hydrogen-bond donors (Lipinski definition) is 1. The monoisotopic (exact) mass is 551 g/mol. The lowest BCUT2D eigenvalue weighted by atomic mass is 10.1. The first-order chi connectivity index (χ1) is 17.6. The zero-order chi connectivity index (χ0) is 27.4. The number of carbonyl (C=O) groups is 2. The van der Waals surface area contributed by atoms with Crippen LogP contribution in [0.5, 0.6) is 5.75 Å². The van der Waals surface area contributed by atoms with Gasteiger partial charge in [0.15, 0.2) is 0 Å². The van der Waals surface area contributed by atoms with Gasteiger partial charge in [-0.3, -0.25) is 13.9 Å². The van der Waals surface area contributed by atoms with Gasteiger partial charge in [-0.25, -0.2) is 8.42 Å². The zero-order valence-corrected chi connectivity index (χ0v) is 23.6. The molecule has 2 amide bonds. The fourth-order valence-corrected chi connectivity index (χ4v) is 5.18. The van der Waals surface area contributed by atoms with Crippen LogP contribution in [0.4, 0.5) is 5.69 Å². The van der Waals surface area contributed by atoms with Crippen molar-refractivity contribution in [3.63, 3.8) is 0 Å². The molecule has 0 aliphatic rings. The largest absolute Gasteiger partial charge is 0.492 e. The summed E-state index contributed by atoms with van der Waals surface area (Å²) in [5, 5.41) is 3.40. The molecule has 2 aromatic rings. The summed E-state index contributed by atoms with van der Waals surface area (Å²) in [7, 11) is -3.63. The average Bonchev–Trinajstić information content (AvgIpc) is 2.86. The lowest BCUT2D eigenvalue weighted by Gasteiger charge is -2.31. The van der Waals surface area contributed by atoms with Gasteiger partial charge in [0.05, 0.1) is 18.6 Å². The highest BCUT2D eigenvalue weighted by atomic mass is 35.5. The number of para-hydroxylation sites is 2. The zero-order valence-electron chi connectivity index (χ0n) is 22.1. The maximum absolute atomic E-state index is 13.5. The van der Waals surface area contributed by atoms with E-state index in [1.54, 1.807) is 35.2 Å². The molecule has 10 heteroatoms. The Morgan fingerprint density at radius 3 is 2.35 bits per heavy atom. The number of hydrogen-bond acceptors (Lipinski definition) is 5. The lowest BCUT2D eigenvalue weighted by Crippen LogP contribution is -2.49. The quantitative estimate of drug-likeness (QED) is 0.348. The van der Waals surface area contributed by atoms with Gasteiger partial charge < -0.3 is 15.0 Å². The van der Waals surface area contributed by atoms with Gasteiger partial charge >= 0.3 is 0 Å². The molecule has 0 radical (unpaired) electrons. The van der Waals surface area contributed by atoms with E-state index in [1.807, 2.05) is 39.0 Å². The molecule has 0 fully saturated rings. The number of nitrogens with one attached hydrogen (secondary N) is 1. The number of amides is 2. The van der Waals surface area contributed by atoms with E-state index in [-0.39, 0.29) is 37.7 Å². The van der Waals surface area contributed by atoms with Gasteiger partial charge in [0.2, 0.25) is 21.8 Å². The standard InChI is InChI=1S/C27H38ClN3O5S/c1-5-18-29-27(33)23(6-2)30(20-21-13-8-9-14-22(21)28)26(32)17-12-19-31(37(4,34)35)24-15-10-11-16-25(24)36-7-3/h8-11,13-16,23H,5-7,12,17-20H2,1-4H3,(H,29,33)/t23-/m1/s1. The summed E-state index contributed by atoms with van der Waals surface area (Å²) in [5.41, 5.74) is 1.17. The second-order valence-corrected chi connectivity index (χ2v) is 11.0. The minimum absolute atomic E-state index is 0.0603. The predicted molar refractivity (Wildman–Crippen MR) is 148 cm³/mol. The van der Waals surface area contributed by atoms with Crippen molar-refractivity contribution in [1.29, 1.82) is 0 Å². The molecule has 0 heterocycles. The number of anilines is 1.